The number of benzene rings is 1. The molecule has 8 heteroatoms. The molecule has 0 unspecified atom stereocenters. The fraction of sp³-hybridized carbons (Fsp3) is 0.300. The number of carbonyl (C=O) groups excluding carboxylic acids is 1. The molecule has 1 aromatic carbocycles. The van der Waals surface area contributed by atoms with E-state index in [1.807, 2.05) is 45.0 Å². The van der Waals surface area contributed by atoms with Gasteiger partial charge >= 0.3 is 0 Å². The van der Waals surface area contributed by atoms with E-state index in [2.05, 4.69) is 19.9 Å². The molecule has 144 valence electrons. The summed E-state index contributed by atoms with van der Waals surface area (Å²) in [5, 5.41) is 3.47. The maximum atomic E-state index is 12.7. The fourth-order valence-electron chi connectivity index (χ4n) is 3.38. The standard InChI is InChI=1S/C20H21N5O2S/c1-4-25-15-8-6-5-7-14(15)23-16(25)9-21-17(26)10-24-11-22-19-18(20(24)27)12(2)13(3)28-19/h5-8,11H,4,9-10H2,1-3H3,(H,21,26). The van der Waals surface area contributed by atoms with Gasteiger partial charge in [-0.25, -0.2) is 9.97 Å². The predicted octanol–water partition coefficient (Wildman–Crippen LogP) is 2.76. The highest BCUT2D eigenvalue weighted by Gasteiger charge is 2.14. The summed E-state index contributed by atoms with van der Waals surface area (Å²) in [6.07, 6.45) is 1.45. The monoisotopic (exact) mass is 395 g/mol. The lowest BCUT2D eigenvalue weighted by Crippen LogP contribution is -2.32. The normalized spacial score (nSPS) is 11.4. The number of amides is 1. The molecule has 0 radical (unpaired) electrons. The summed E-state index contributed by atoms with van der Waals surface area (Å²) < 4.78 is 3.44. The van der Waals surface area contributed by atoms with Crippen molar-refractivity contribution >= 4 is 38.5 Å². The SMILES string of the molecule is CCn1c(CNC(=O)Cn2cnc3sc(C)c(C)c3c2=O)nc2ccccc21. The smallest absolute Gasteiger partial charge is 0.262 e. The van der Waals surface area contributed by atoms with E-state index in [0.717, 1.165) is 33.8 Å². The molecule has 0 spiro atoms. The van der Waals surface area contributed by atoms with Gasteiger partial charge in [0.25, 0.3) is 5.56 Å². The van der Waals surface area contributed by atoms with Crippen LogP contribution in [0.3, 0.4) is 0 Å². The van der Waals surface area contributed by atoms with Gasteiger partial charge in [-0.1, -0.05) is 12.1 Å². The first-order valence-corrected chi connectivity index (χ1v) is 9.97. The Hall–Kier alpha value is -3.00. The minimum Gasteiger partial charge on any atom is -0.347 e. The summed E-state index contributed by atoms with van der Waals surface area (Å²) in [7, 11) is 0. The molecule has 0 saturated carbocycles. The van der Waals surface area contributed by atoms with Crippen LogP contribution in [0.25, 0.3) is 21.3 Å². The zero-order valence-electron chi connectivity index (χ0n) is 16.0. The average molecular weight is 395 g/mol. The van der Waals surface area contributed by atoms with Gasteiger partial charge in [0.05, 0.1) is 29.3 Å². The van der Waals surface area contributed by atoms with E-state index in [0.29, 0.717) is 16.8 Å². The number of rotatable bonds is 5. The van der Waals surface area contributed by atoms with Crippen LogP contribution in [0.15, 0.2) is 35.4 Å². The summed E-state index contributed by atoms with van der Waals surface area (Å²) in [5.74, 6) is 0.546. The quantitative estimate of drug-likeness (QED) is 0.563. The summed E-state index contributed by atoms with van der Waals surface area (Å²) in [4.78, 5) is 35.9. The molecule has 0 aliphatic rings. The second-order valence-corrected chi connectivity index (χ2v) is 7.88. The Bertz CT molecular complexity index is 1250. The van der Waals surface area contributed by atoms with Gasteiger partial charge in [0.15, 0.2) is 0 Å². The number of imidazole rings is 1. The lowest BCUT2D eigenvalue weighted by molar-refractivity contribution is -0.121. The Morgan fingerprint density at radius 1 is 1.25 bits per heavy atom. The van der Waals surface area contributed by atoms with E-state index in [9.17, 15) is 9.59 Å². The second-order valence-electron chi connectivity index (χ2n) is 6.68. The van der Waals surface area contributed by atoms with Crippen LogP contribution in [-0.4, -0.2) is 25.0 Å². The Balaban J connectivity index is 1.53. The van der Waals surface area contributed by atoms with Crippen molar-refractivity contribution in [2.45, 2.75) is 40.4 Å². The van der Waals surface area contributed by atoms with Crippen molar-refractivity contribution in [1.82, 2.24) is 24.4 Å². The van der Waals surface area contributed by atoms with Gasteiger partial charge in [0.2, 0.25) is 5.91 Å². The van der Waals surface area contributed by atoms with Crippen LogP contribution < -0.4 is 10.9 Å². The molecule has 7 nitrogen and oxygen atoms in total. The predicted molar refractivity (Wildman–Crippen MR) is 111 cm³/mol. The van der Waals surface area contributed by atoms with E-state index < -0.39 is 0 Å². The maximum absolute atomic E-state index is 12.7. The van der Waals surface area contributed by atoms with Gasteiger partial charge in [-0.3, -0.25) is 14.2 Å². The third-order valence-electron chi connectivity index (χ3n) is 4.96. The number of nitrogens with one attached hydrogen (secondary N) is 1. The lowest BCUT2D eigenvalue weighted by atomic mass is 10.2. The number of thiophene rings is 1. The largest absolute Gasteiger partial charge is 0.347 e. The lowest BCUT2D eigenvalue weighted by Gasteiger charge is -2.09. The fourth-order valence-corrected chi connectivity index (χ4v) is 4.37. The first-order chi connectivity index (χ1) is 13.5. The molecule has 0 saturated heterocycles. The molecule has 1 amide bonds. The topological polar surface area (TPSA) is 81.8 Å². The van der Waals surface area contributed by atoms with Crippen molar-refractivity contribution in [3.63, 3.8) is 0 Å². The van der Waals surface area contributed by atoms with E-state index in [-0.39, 0.29) is 18.0 Å². The molecule has 4 rings (SSSR count). The number of para-hydroxylation sites is 2. The average Bonchev–Trinajstić information content (AvgIpc) is 3.19. The summed E-state index contributed by atoms with van der Waals surface area (Å²) in [6.45, 7) is 6.94. The molecule has 0 atom stereocenters. The number of aromatic nitrogens is 4. The first-order valence-electron chi connectivity index (χ1n) is 9.15. The van der Waals surface area contributed by atoms with E-state index in [4.69, 9.17) is 0 Å². The van der Waals surface area contributed by atoms with Gasteiger partial charge in [-0.05, 0) is 38.5 Å². The molecule has 0 fully saturated rings. The number of hydrogen-bond donors (Lipinski definition) is 1. The van der Waals surface area contributed by atoms with Crippen LogP contribution in [0, 0.1) is 13.8 Å². The van der Waals surface area contributed by atoms with Crippen LogP contribution in [0.5, 0.6) is 0 Å². The molecule has 0 aliphatic carbocycles. The molecule has 4 aromatic rings. The minimum atomic E-state index is -0.248. The molecule has 3 aromatic heterocycles. The molecule has 3 heterocycles. The zero-order valence-corrected chi connectivity index (χ0v) is 16.8. The zero-order chi connectivity index (χ0) is 19.8. The van der Waals surface area contributed by atoms with Crippen LogP contribution in [0.2, 0.25) is 0 Å². The van der Waals surface area contributed by atoms with Crippen LogP contribution >= 0.6 is 11.3 Å². The molecule has 28 heavy (non-hydrogen) atoms. The van der Waals surface area contributed by atoms with Gasteiger partial charge < -0.3 is 9.88 Å². The van der Waals surface area contributed by atoms with E-state index in [1.165, 1.54) is 22.2 Å². The molecular weight excluding hydrogens is 374 g/mol. The van der Waals surface area contributed by atoms with Crippen LogP contribution in [0.4, 0.5) is 0 Å². The van der Waals surface area contributed by atoms with Gasteiger partial charge in [-0.2, -0.15) is 0 Å². The molecular formula is C20H21N5O2S. The van der Waals surface area contributed by atoms with Gasteiger partial charge in [-0.15, -0.1) is 11.3 Å². The van der Waals surface area contributed by atoms with Crippen LogP contribution in [0.1, 0.15) is 23.2 Å². The third-order valence-corrected chi connectivity index (χ3v) is 6.08. The molecule has 1 N–H and O–H groups in total. The Morgan fingerprint density at radius 2 is 2.04 bits per heavy atom. The maximum Gasteiger partial charge on any atom is 0.262 e. The number of nitrogens with zero attached hydrogens (tertiary/aromatic N) is 4. The van der Waals surface area contributed by atoms with Crippen molar-refractivity contribution in [1.29, 1.82) is 0 Å². The summed E-state index contributed by atoms with van der Waals surface area (Å²) in [6, 6.07) is 7.89. The Labute approximate surface area is 165 Å². The molecule has 0 bridgehead atoms. The van der Waals surface area contributed by atoms with Crippen molar-refractivity contribution in [3.05, 3.63) is 57.2 Å². The first kappa shape index (κ1) is 18.4. The summed E-state index contributed by atoms with van der Waals surface area (Å²) >= 11 is 1.50. The highest BCUT2D eigenvalue weighted by molar-refractivity contribution is 7.18. The van der Waals surface area contributed by atoms with Crippen LogP contribution in [-0.2, 0) is 24.4 Å². The van der Waals surface area contributed by atoms with Gasteiger partial charge in [0, 0.05) is 11.4 Å². The molecule has 0 aliphatic heterocycles. The van der Waals surface area contributed by atoms with Gasteiger partial charge in [0.1, 0.15) is 17.2 Å². The number of carbonyl (C=O) groups is 1. The third kappa shape index (κ3) is 3.09. The number of hydrogen-bond acceptors (Lipinski definition) is 5. The van der Waals surface area contributed by atoms with Crippen molar-refractivity contribution in [2.75, 3.05) is 0 Å². The number of fused-ring (bicyclic) bond motifs is 2. The second kappa shape index (κ2) is 7.20. The van der Waals surface area contributed by atoms with E-state index >= 15 is 0 Å². The Kier molecular flexibility index (Phi) is 4.72. The van der Waals surface area contributed by atoms with Crippen molar-refractivity contribution < 1.29 is 4.79 Å². The summed E-state index contributed by atoms with van der Waals surface area (Å²) in [5.41, 5.74) is 2.71. The highest BCUT2D eigenvalue weighted by Crippen LogP contribution is 2.25. The minimum absolute atomic E-state index is 0.0670. The Morgan fingerprint density at radius 3 is 2.82 bits per heavy atom. The highest BCUT2D eigenvalue weighted by atomic mass is 32.1. The van der Waals surface area contributed by atoms with Crippen molar-refractivity contribution in [2.24, 2.45) is 0 Å². The number of aryl methyl sites for hydroxylation is 3. The van der Waals surface area contributed by atoms with E-state index in [1.54, 1.807) is 0 Å². The van der Waals surface area contributed by atoms with Crippen molar-refractivity contribution in [3.8, 4) is 0 Å².